The van der Waals surface area contributed by atoms with Crippen molar-refractivity contribution < 1.29 is 14.3 Å². The van der Waals surface area contributed by atoms with Crippen molar-refractivity contribution in [1.82, 2.24) is 9.80 Å². The SMILES string of the molecule is Cc1cc(O)c(CN2CCN(C(=O)c3ccc(F)cc3)CC2)cc1C. The molecule has 0 aliphatic carbocycles. The molecule has 0 atom stereocenters. The second-order valence-corrected chi connectivity index (χ2v) is 6.64. The summed E-state index contributed by atoms with van der Waals surface area (Å²) in [7, 11) is 0. The summed E-state index contributed by atoms with van der Waals surface area (Å²) in [5, 5.41) is 10.1. The van der Waals surface area contributed by atoms with E-state index in [2.05, 4.69) is 4.90 Å². The van der Waals surface area contributed by atoms with Crippen molar-refractivity contribution in [2.45, 2.75) is 20.4 Å². The Hall–Kier alpha value is -2.40. The molecule has 1 N–H and O–H groups in total. The van der Waals surface area contributed by atoms with Gasteiger partial charge in [-0.25, -0.2) is 4.39 Å². The van der Waals surface area contributed by atoms with Crippen LogP contribution >= 0.6 is 0 Å². The molecule has 3 rings (SSSR count). The van der Waals surface area contributed by atoms with Crippen molar-refractivity contribution in [3.63, 3.8) is 0 Å². The van der Waals surface area contributed by atoms with Gasteiger partial charge in [0.15, 0.2) is 0 Å². The second kappa shape index (κ2) is 7.23. The van der Waals surface area contributed by atoms with Crippen LogP contribution in [0, 0.1) is 19.7 Å². The van der Waals surface area contributed by atoms with E-state index >= 15 is 0 Å². The fourth-order valence-corrected chi connectivity index (χ4v) is 3.11. The third kappa shape index (κ3) is 3.99. The standard InChI is InChI=1S/C20H23FN2O2/c1-14-11-17(19(24)12-15(14)2)13-22-7-9-23(10-8-22)20(25)16-3-5-18(21)6-4-16/h3-6,11-12,24H,7-10,13H2,1-2H3. The van der Waals surface area contributed by atoms with E-state index in [0.29, 0.717) is 30.9 Å². The summed E-state index contributed by atoms with van der Waals surface area (Å²) in [6.07, 6.45) is 0. The maximum Gasteiger partial charge on any atom is 0.253 e. The molecule has 0 aromatic heterocycles. The van der Waals surface area contributed by atoms with Crippen LogP contribution in [0.3, 0.4) is 0 Å². The van der Waals surface area contributed by atoms with Crippen molar-refractivity contribution in [1.29, 1.82) is 0 Å². The van der Waals surface area contributed by atoms with Crippen LogP contribution in [0.1, 0.15) is 27.0 Å². The number of rotatable bonds is 3. The number of phenols is 1. The number of amides is 1. The Morgan fingerprint density at radius 3 is 2.28 bits per heavy atom. The molecule has 0 unspecified atom stereocenters. The van der Waals surface area contributed by atoms with Crippen LogP contribution in [0.25, 0.3) is 0 Å². The molecule has 1 amide bonds. The lowest BCUT2D eigenvalue weighted by atomic mass is 10.0. The van der Waals surface area contributed by atoms with Crippen LogP contribution < -0.4 is 0 Å². The maximum absolute atomic E-state index is 13.0. The van der Waals surface area contributed by atoms with Crippen LogP contribution in [0.4, 0.5) is 4.39 Å². The number of benzene rings is 2. The summed E-state index contributed by atoms with van der Waals surface area (Å²) in [6.45, 7) is 7.45. The fourth-order valence-electron chi connectivity index (χ4n) is 3.11. The zero-order valence-corrected chi connectivity index (χ0v) is 14.6. The summed E-state index contributed by atoms with van der Waals surface area (Å²) >= 11 is 0. The van der Waals surface area contributed by atoms with E-state index in [9.17, 15) is 14.3 Å². The lowest BCUT2D eigenvalue weighted by Crippen LogP contribution is -2.48. The summed E-state index contributed by atoms with van der Waals surface area (Å²) in [4.78, 5) is 16.5. The van der Waals surface area contributed by atoms with E-state index in [4.69, 9.17) is 0 Å². The lowest BCUT2D eigenvalue weighted by Gasteiger charge is -2.35. The highest BCUT2D eigenvalue weighted by molar-refractivity contribution is 5.94. The lowest BCUT2D eigenvalue weighted by molar-refractivity contribution is 0.0627. The van der Waals surface area contributed by atoms with Gasteiger partial charge in [-0.15, -0.1) is 0 Å². The molecule has 4 nitrogen and oxygen atoms in total. The Kier molecular flexibility index (Phi) is 5.04. The molecule has 1 heterocycles. The molecule has 1 fully saturated rings. The Morgan fingerprint density at radius 1 is 1.04 bits per heavy atom. The summed E-state index contributed by atoms with van der Waals surface area (Å²) in [5.41, 5.74) is 3.68. The van der Waals surface area contributed by atoms with Gasteiger partial charge in [0, 0.05) is 43.9 Å². The van der Waals surface area contributed by atoms with Crippen molar-refractivity contribution in [2.24, 2.45) is 0 Å². The number of nitrogens with zero attached hydrogens (tertiary/aromatic N) is 2. The van der Waals surface area contributed by atoms with Crippen LogP contribution in [0.5, 0.6) is 5.75 Å². The molecule has 1 aliphatic heterocycles. The van der Waals surface area contributed by atoms with Crippen LogP contribution in [-0.2, 0) is 6.54 Å². The molecule has 1 aliphatic rings. The summed E-state index contributed by atoms with van der Waals surface area (Å²) in [5.74, 6) is -0.0730. The Bertz CT molecular complexity index is 766. The zero-order chi connectivity index (χ0) is 18.0. The molecular weight excluding hydrogens is 319 g/mol. The third-order valence-corrected chi connectivity index (χ3v) is 4.84. The highest BCUT2D eigenvalue weighted by Crippen LogP contribution is 2.24. The first-order valence-electron chi connectivity index (χ1n) is 8.50. The predicted molar refractivity (Wildman–Crippen MR) is 95.2 cm³/mol. The van der Waals surface area contributed by atoms with Gasteiger partial charge in [0.25, 0.3) is 5.91 Å². The fraction of sp³-hybridized carbons (Fsp3) is 0.350. The largest absolute Gasteiger partial charge is 0.508 e. The van der Waals surface area contributed by atoms with E-state index in [1.54, 1.807) is 11.0 Å². The molecule has 0 radical (unpaired) electrons. The maximum atomic E-state index is 13.0. The summed E-state index contributed by atoms with van der Waals surface area (Å²) < 4.78 is 13.0. The Morgan fingerprint density at radius 2 is 1.64 bits per heavy atom. The van der Waals surface area contributed by atoms with Gasteiger partial charge in [-0.3, -0.25) is 9.69 Å². The van der Waals surface area contributed by atoms with Gasteiger partial charge < -0.3 is 10.0 Å². The average Bonchev–Trinajstić information content (AvgIpc) is 2.60. The Balaban J connectivity index is 1.59. The smallest absolute Gasteiger partial charge is 0.253 e. The van der Waals surface area contributed by atoms with Crippen molar-refractivity contribution in [2.75, 3.05) is 26.2 Å². The molecule has 1 saturated heterocycles. The van der Waals surface area contributed by atoms with Crippen molar-refractivity contribution in [3.05, 3.63) is 64.5 Å². The normalized spacial score (nSPS) is 15.4. The van der Waals surface area contributed by atoms with Crippen LogP contribution in [0.2, 0.25) is 0 Å². The van der Waals surface area contributed by atoms with Crippen molar-refractivity contribution in [3.8, 4) is 5.75 Å². The number of carbonyl (C=O) groups excluding carboxylic acids is 1. The highest BCUT2D eigenvalue weighted by Gasteiger charge is 2.22. The topological polar surface area (TPSA) is 43.8 Å². The number of halogens is 1. The Labute approximate surface area is 147 Å². The first kappa shape index (κ1) is 17.4. The monoisotopic (exact) mass is 342 g/mol. The molecule has 0 spiro atoms. The number of carbonyl (C=O) groups is 1. The van der Waals surface area contributed by atoms with E-state index < -0.39 is 0 Å². The minimum Gasteiger partial charge on any atom is -0.508 e. The number of aryl methyl sites for hydroxylation is 2. The third-order valence-electron chi connectivity index (χ3n) is 4.84. The second-order valence-electron chi connectivity index (χ2n) is 6.64. The van der Waals surface area contributed by atoms with Crippen LogP contribution in [0.15, 0.2) is 36.4 Å². The van der Waals surface area contributed by atoms with E-state index in [-0.39, 0.29) is 11.7 Å². The van der Waals surface area contributed by atoms with Gasteiger partial charge in [0.2, 0.25) is 0 Å². The molecular formula is C20H23FN2O2. The number of piperazine rings is 1. The predicted octanol–water partition coefficient (Wildman–Crippen LogP) is 3.11. The molecule has 132 valence electrons. The van der Waals surface area contributed by atoms with Gasteiger partial charge in [0.1, 0.15) is 11.6 Å². The molecule has 0 saturated carbocycles. The van der Waals surface area contributed by atoms with Gasteiger partial charge in [-0.2, -0.15) is 0 Å². The van der Waals surface area contributed by atoms with Gasteiger partial charge in [0.05, 0.1) is 0 Å². The zero-order valence-electron chi connectivity index (χ0n) is 14.6. The number of hydrogen-bond acceptors (Lipinski definition) is 3. The molecule has 2 aromatic rings. The molecule has 0 bridgehead atoms. The van der Waals surface area contributed by atoms with Gasteiger partial charge in [-0.1, -0.05) is 6.07 Å². The molecule has 25 heavy (non-hydrogen) atoms. The van der Waals surface area contributed by atoms with Crippen LogP contribution in [-0.4, -0.2) is 47.0 Å². The number of phenolic OH excluding ortho intramolecular Hbond substituents is 1. The number of hydrogen-bond donors (Lipinski definition) is 1. The van der Waals surface area contributed by atoms with Gasteiger partial charge >= 0.3 is 0 Å². The van der Waals surface area contributed by atoms with E-state index in [0.717, 1.165) is 29.8 Å². The van der Waals surface area contributed by atoms with E-state index in [1.165, 1.54) is 24.3 Å². The average molecular weight is 342 g/mol. The van der Waals surface area contributed by atoms with E-state index in [1.807, 2.05) is 19.9 Å². The van der Waals surface area contributed by atoms with Crippen molar-refractivity contribution >= 4 is 5.91 Å². The first-order valence-corrected chi connectivity index (χ1v) is 8.50. The number of aromatic hydroxyl groups is 1. The summed E-state index contributed by atoms with van der Waals surface area (Å²) in [6, 6.07) is 9.51. The first-order chi connectivity index (χ1) is 11.9. The minimum absolute atomic E-state index is 0.0614. The molecule has 2 aromatic carbocycles. The quantitative estimate of drug-likeness (QED) is 0.932. The highest BCUT2D eigenvalue weighted by atomic mass is 19.1. The molecule has 5 heteroatoms. The van der Waals surface area contributed by atoms with Gasteiger partial charge in [-0.05, 0) is 55.3 Å². The minimum atomic E-state index is -0.338.